The number of aryl methyl sites for hydroxylation is 3. The van der Waals surface area contributed by atoms with Gasteiger partial charge >= 0.3 is 0 Å². The molecule has 0 atom stereocenters. The maximum Gasteiger partial charge on any atom is 0.178 e. The lowest BCUT2D eigenvalue weighted by molar-refractivity contribution is 0.746. The lowest BCUT2D eigenvalue weighted by atomic mass is 10.2. The first-order chi connectivity index (χ1) is 9.58. The minimum atomic E-state index is 0.761. The smallest absolute Gasteiger partial charge is 0.178 e. The molecule has 0 unspecified atom stereocenters. The standard InChI is InChI=1S/C15H18N4S/c1-4-12-11(8-18(3)17-12)9-19-14-6-5-10(2)7-13(14)16-15(19)20/h5-8H,4,9H2,1-3H3,(H,16,20). The van der Waals surface area contributed by atoms with Gasteiger partial charge in [-0.3, -0.25) is 4.68 Å². The van der Waals surface area contributed by atoms with Crippen molar-refractivity contribution in [2.24, 2.45) is 7.05 Å². The molecule has 0 saturated carbocycles. The molecule has 4 nitrogen and oxygen atoms in total. The number of fused-ring (bicyclic) bond motifs is 1. The van der Waals surface area contributed by atoms with Crippen LogP contribution in [0, 0.1) is 11.7 Å². The monoisotopic (exact) mass is 286 g/mol. The number of hydrogen-bond donors (Lipinski definition) is 1. The minimum Gasteiger partial charge on any atom is -0.331 e. The predicted octanol–water partition coefficient (Wildman–Crippen LogP) is 3.35. The molecule has 0 aliphatic heterocycles. The summed E-state index contributed by atoms with van der Waals surface area (Å²) in [4.78, 5) is 3.28. The van der Waals surface area contributed by atoms with Crippen LogP contribution in [-0.2, 0) is 20.0 Å². The third-order valence-corrected chi connectivity index (χ3v) is 3.91. The Morgan fingerprint density at radius 3 is 2.90 bits per heavy atom. The zero-order valence-corrected chi connectivity index (χ0v) is 12.8. The summed E-state index contributed by atoms with van der Waals surface area (Å²) < 4.78 is 4.77. The molecule has 0 fully saturated rings. The molecule has 104 valence electrons. The van der Waals surface area contributed by atoms with Gasteiger partial charge in [-0.05, 0) is 43.3 Å². The molecule has 5 heteroatoms. The van der Waals surface area contributed by atoms with Crippen LogP contribution in [0.5, 0.6) is 0 Å². The Balaban J connectivity index is 2.10. The summed E-state index contributed by atoms with van der Waals surface area (Å²) in [5, 5.41) is 4.49. The molecule has 1 N–H and O–H groups in total. The van der Waals surface area contributed by atoms with Gasteiger partial charge in [-0.1, -0.05) is 13.0 Å². The fourth-order valence-corrected chi connectivity index (χ4v) is 2.89. The number of nitrogens with one attached hydrogen (secondary N) is 1. The van der Waals surface area contributed by atoms with Crippen molar-refractivity contribution in [3.63, 3.8) is 0 Å². The van der Waals surface area contributed by atoms with Crippen molar-refractivity contribution in [2.75, 3.05) is 0 Å². The molecule has 0 radical (unpaired) electrons. The van der Waals surface area contributed by atoms with Gasteiger partial charge in [0.25, 0.3) is 0 Å². The molecular formula is C15H18N4S. The van der Waals surface area contributed by atoms with Crippen molar-refractivity contribution in [3.05, 3.63) is 46.0 Å². The molecule has 2 heterocycles. The van der Waals surface area contributed by atoms with E-state index in [2.05, 4.69) is 52.9 Å². The first kappa shape index (κ1) is 13.1. The lowest BCUT2D eigenvalue weighted by Crippen LogP contribution is -2.01. The zero-order valence-electron chi connectivity index (χ0n) is 12.0. The van der Waals surface area contributed by atoms with Crippen LogP contribution in [0.2, 0.25) is 0 Å². The number of nitrogens with zero attached hydrogens (tertiary/aromatic N) is 3. The summed E-state index contributed by atoms with van der Waals surface area (Å²) in [5.41, 5.74) is 5.84. The molecule has 2 aromatic heterocycles. The normalized spacial score (nSPS) is 11.3. The largest absolute Gasteiger partial charge is 0.331 e. The van der Waals surface area contributed by atoms with Gasteiger partial charge in [-0.25, -0.2) is 0 Å². The highest BCUT2D eigenvalue weighted by atomic mass is 32.1. The fraction of sp³-hybridized carbons (Fsp3) is 0.333. The van der Waals surface area contributed by atoms with E-state index in [-0.39, 0.29) is 0 Å². The Bertz CT molecular complexity index is 822. The van der Waals surface area contributed by atoms with Gasteiger partial charge in [0.2, 0.25) is 0 Å². The number of benzene rings is 1. The van der Waals surface area contributed by atoms with Crippen molar-refractivity contribution in [2.45, 2.75) is 26.8 Å². The Labute approximate surface area is 123 Å². The molecular weight excluding hydrogens is 268 g/mol. The summed E-state index contributed by atoms with van der Waals surface area (Å²) in [6.07, 6.45) is 3.01. The summed E-state index contributed by atoms with van der Waals surface area (Å²) >= 11 is 5.46. The second kappa shape index (κ2) is 4.90. The molecule has 3 aromatic rings. The van der Waals surface area contributed by atoms with E-state index in [0.717, 1.165) is 34.5 Å². The molecule has 0 aliphatic carbocycles. The second-order valence-corrected chi connectivity index (χ2v) is 5.55. The topological polar surface area (TPSA) is 38.5 Å². The number of hydrogen-bond acceptors (Lipinski definition) is 2. The molecule has 20 heavy (non-hydrogen) atoms. The van der Waals surface area contributed by atoms with E-state index in [9.17, 15) is 0 Å². The molecule has 0 spiro atoms. The van der Waals surface area contributed by atoms with E-state index in [4.69, 9.17) is 12.2 Å². The number of imidazole rings is 1. The zero-order chi connectivity index (χ0) is 14.3. The molecule has 0 saturated heterocycles. The fourth-order valence-electron chi connectivity index (χ4n) is 2.62. The number of aromatic nitrogens is 4. The van der Waals surface area contributed by atoms with Gasteiger partial charge in [-0.15, -0.1) is 0 Å². The van der Waals surface area contributed by atoms with Crippen molar-refractivity contribution >= 4 is 23.3 Å². The average Bonchev–Trinajstić information content (AvgIpc) is 2.90. The van der Waals surface area contributed by atoms with Gasteiger partial charge in [-0.2, -0.15) is 5.10 Å². The third kappa shape index (κ3) is 2.18. The Hall–Kier alpha value is -1.88. The molecule has 0 amide bonds. The van der Waals surface area contributed by atoms with E-state index in [1.54, 1.807) is 0 Å². The van der Waals surface area contributed by atoms with Crippen LogP contribution >= 0.6 is 12.2 Å². The van der Waals surface area contributed by atoms with Crippen LogP contribution in [-0.4, -0.2) is 19.3 Å². The van der Waals surface area contributed by atoms with Crippen LogP contribution < -0.4 is 0 Å². The lowest BCUT2D eigenvalue weighted by Gasteiger charge is -2.04. The molecule has 0 bridgehead atoms. The highest BCUT2D eigenvalue weighted by Gasteiger charge is 2.10. The van der Waals surface area contributed by atoms with Crippen LogP contribution in [0.4, 0.5) is 0 Å². The predicted molar refractivity (Wildman–Crippen MR) is 83.5 cm³/mol. The summed E-state index contributed by atoms with van der Waals surface area (Å²) in [6.45, 7) is 4.98. The minimum absolute atomic E-state index is 0.761. The van der Waals surface area contributed by atoms with Gasteiger partial charge in [0.1, 0.15) is 0 Å². The number of H-pyrrole nitrogens is 1. The maximum atomic E-state index is 5.46. The maximum absolute atomic E-state index is 5.46. The van der Waals surface area contributed by atoms with Crippen molar-refractivity contribution < 1.29 is 0 Å². The second-order valence-electron chi connectivity index (χ2n) is 5.17. The van der Waals surface area contributed by atoms with Crippen LogP contribution in [0.1, 0.15) is 23.7 Å². The van der Waals surface area contributed by atoms with Crippen molar-refractivity contribution in [3.8, 4) is 0 Å². The van der Waals surface area contributed by atoms with Crippen LogP contribution in [0.3, 0.4) is 0 Å². The molecule has 0 aliphatic rings. The van der Waals surface area contributed by atoms with Crippen molar-refractivity contribution in [1.29, 1.82) is 0 Å². The molecule has 1 aromatic carbocycles. The number of rotatable bonds is 3. The Morgan fingerprint density at radius 2 is 2.15 bits per heavy atom. The van der Waals surface area contributed by atoms with E-state index in [1.165, 1.54) is 11.1 Å². The average molecular weight is 286 g/mol. The summed E-state index contributed by atoms with van der Waals surface area (Å²) in [7, 11) is 1.96. The SMILES string of the molecule is CCc1nn(C)cc1Cn1c(=S)[nH]c2cc(C)ccc21. The van der Waals surface area contributed by atoms with E-state index >= 15 is 0 Å². The van der Waals surface area contributed by atoms with Gasteiger partial charge < -0.3 is 9.55 Å². The van der Waals surface area contributed by atoms with Crippen LogP contribution in [0.15, 0.2) is 24.4 Å². The highest BCUT2D eigenvalue weighted by molar-refractivity contribution is 7.71. The highest BCUT2D eigenvalue weighted by Crippen LogP contribution is 2.18. The first-order valence-corrected chi connectivity index (χ1v) is 7.20. The van der Waals surface area contributed by atoms with Gasteiger partial charge in [0.15, 0.2) is 4.77 Å². The molecule has 3 rings (SSSR count). The van der Waals surface area contributed by atoms with Crippen molar-refractivity contribution in [1.82, 2.24) is 19.3 Å². The quantitative estimate of drug-likeness (QED) is 0.750. The van der Waals surface area contributed by atoms with Crippen LogP contribution in [0.25, 0.3) is 11.0 Å². The Kier molecular flexibility index (Phi) is 3.22. The van der Waals surface area contributed by atoms with E-state index in [1.807, 2.05) is 11.7 Å². The van der Waals surface area contributed by atoms with Gasteiger partial charge in [0, 0.05) is 18.8 Å². The summed E-state index contributed by atoms with van der Waals surface area (Å²) in [5.74, 6) is 0. The van der Waals surface area contributed by atoms with E-state index in [0.29, 0.717) is 0 Å². The third-order valence-electron chi connectivity index (χ3n) is 3.58. The number of aromatic amines is 1. The van der Waals surface area contributed by atoms with Gasteiger partial charge in [0.05, 0.1) is 23.3 Å². The Morgan fingerprint density at radius 1 is 1.35 bits per heavy atom. The van der Waals surface area contributed by atoms with E-state index < -0.39 is 0 Å². The summed E-state index contributed by atoms with van der Waals surface area (Å²) in [6, 6.07) is 6.37. The first-order valence-electron chi connectivity index (χ1n) is 6.79.